The first kappa shape index (κ1) is 12.8. The van der Waals surface area contributed by atoms with Gasteiger partial charge in [-0.25, -0.2) is 8.42 Å². The van der Waals surface area contributed by atoms with Crippen LogP contribution in [-0.4, -0.2) is 27.8 Å². The zero-order valence-corrected chi connectivity index (χ0v) is 10.2. The van der Waals surface area contributed by atoms with Crippen LogP contribution >= 0.6 is 0 Å². The second-order valence-corrected chi connectivity index (χ2v) is 5.24. The molecule has 5 nitrogen and oxygen atoms in total. The van der Waals surface area contributed by atoms with Crippen LogP contribution in [0, 0.1) is 6.92 Å². The van der Waals surface area contributed by atoms with Gasteiger partial charge in [0, 0.05) is 12.2 Å². The third-order valence-electron chi connectivity index (χ3n) is 2.05. The first-order valence-electron chi connectivity index (χ1n) is 4.83. The van der Waals surface area contributed by atoms with Crippen molar-refractivity contribution in [3.8, 4) is 5.75 Å². The standard InChI is InChI=1S/C10H16N2O3S/c1-8-7-9(3-4-10(8)15-2)12-16(13,14)6-5-11/h3-4,7,12H,5-6,11H2,1-2H3. The normalized spacial score (nSPS) is 11.2. The minimum absolute atomic E-state index is 0.0852. The number of ether oxygens (including phenoxy) is 1. The van der Waals surface area contributed by atoms with E-state index in [-0.39, 0.29) is 12.3 Å². The molecular weight excluding hydrogens is 228 g/mol. The Balaban J connectivity index is 2.87. The molecule has 0 aliphatic heterocycles. The number of rotatable bonds is 5. The Morgan fingerprint density at radius 1 is 1.44 bits per heavy atom. The number of hydrogen-bond acceptors (Lipinski definition) is 4. The van der Waals surface area contributed by atoms with E-state index in [0.29, 0.717) is 5.69 Å². The van der Waals surface area contributed by atoms with Crippen molar-refractivity contribution >= 4 is 15.7 Å². The van der Waals surface area contributed by atoms with Gasteiger partial charge in [-0.1, -0.05) is 0 Å². The van der Waals surface area contributed by atoms with Crippen LogP contribution in [0.1, 0.15) is 5.56 Å². The number of nitrogens with one attached hydrogen (secondary N) is 1. The Morgan fingerprint density at radius 3 is 2.62 bits per heavy atom. The van der Waals surface area contributed by atoms with E-state index in [1.807, 2.05) is 6.92 Å². The first-order chi connectivity index (χ1) is 7.48. The van der Waals surface area contributed by atoms with Crippen LogP contribution in [0.3, 0.4) is 0 Å². The summed E-state index contributed by atoms with van der Waals surface area (Å²) in [5, 5.41) is 0. The van der Waals surface area contributed by atoms with Gasteiger partial charge in [-0.15, -0.1) is 0 Å². The summed E-state index contributed by atoms with van der Waals surface area (Å²) in [6.45, 7) is 1.95. The van der Waals surface area contributed by atoms with Crippen LogP contribution in [0.2, 0.25) is 0 Å². The number of hydrogen-bond donors (Lipinski definition) is 2. The van der Waals surface area contributed by atoms with E-state index < -0.39 is 10.0 Å². The molecule has 3 N–H and O–H groups in total. The molecule has 90 valence electrons. The van der Waals surface area contributed by atoms with Crippen LogP contribution < -0.4 is 15.2 Å². The first-order valence-corrected chi connectivity index (χ1v) is 6.49. The number of aryl methyl sites for hydroxylation is 1. The maximum Gasteiger partial charge on any atom is 0.233 e. The Kier molecular flexibility index (Phi) is 4.14. The fraction of sp³-hybridized carbons (Fsp3) is 0.400. The molecule has 0 amide bonds. The predicted octanol–water partition coefficient (Wildman–Crippen LogP) is 0.704. The van der Waals surface area contributed by atoms with Gasteiger partial charge in [-0.3, -0.25) is 4.72 Å². The molecule has 1 rings (SSSR count). The lowest BCUT2D eigenvalue weighted by atomic mass is 10.2. The third kappa shape index (κ3) is 3.39. The highest BCUT2D eigenvalue weighted by Crippen LogP contribution is 2.21. The van der Waals surface area contributed by atoms with Gasteiger partial charge in [0.25, 0.3) is 0 Å². The minimum Gasteiger partial charge on any atom is -0.496 e. The molecule has 0 saturated heterocycles. The van der Waals surface area contributed by atoms with Crippen LogP contribution in [0.5, 0.6) is 5.75 Å². The van der Waals surface area contributed by atoms with E-state index in [2.05, 4.69) is 4.72 Å². The Morgan fingerprint density at radius 2 is 2.12 bits per heavy atom. The molecule has 1 aromatic rings. The summed E-state index contributed by atoms with van der Waals surface area (Å²) in [5.74, 6) is 0.639. The highest BCUT2D eigenvalue weighted by atomic mass is 32.2. The van der Waals surface area contributed by atoms with Crippen molar-refractivity contribution in [3.05, 3.63) is 23.8 Å². The van der Waals surface area contributed by atoms with Crippen molar-refractivity contribution < 1.29 is 13.2 Å². The van der Waals surface area contributed by atoms with Crippen molar-refractivity contribution in [3.63, 3.8) is 0 Å². The molecule has 16 heavy (non-hydrogen) atoms. The molecule has 0 saturated carbocycles. The molecular formula is C10H16N2O3S. The van der Waals surface area contributed by atoms with Crippen molar-refractivity contribution in [1.82, 2.24) is 0 Å². The molecule has 0 bridgehead atoms. The lowest BCUT2D eigenvalue weighted by Crippen LogP contribution is -2.22. The van der Waals surface area contributed by atoms with Gasteiger partial charge < -0.3 is 10.5 Å². The fourth-order valence-electron chi connectivity index (χ4n) is 1.33. The van der Waals surface area contributed by atoms with E-state index in [1.165, 1.54) is 0 Å². The second-order valence-electron chi connectivity index (χ2n) is 3.39. The number of sulfonamides is 1. The highest BCUT2D eigenvalue weighted by Gasteiger charge is 2.09. The quantitative estimate of drug-likeness (QED) is 0.799. The average Bonchev–Trinajstić information content (AvgIpc) is 2.17. The van der Waals surface area contributed by atoms with Gasteiger partial charge in [0.15, 0.2) is 0 Å². The lowest BCUT2D eigenvalue weighted by molar-refractivity contribution is 0.412. The van der Waals surface area contributed by atoms with Crippen molar-refractivity contribution in [2.75, 3.05) is 24.1 Å². The SMILES string of the molecule is COc1ccc(NS(=O)(=O)CCN)cc1C. The molecule has 0 aliphatic rings. The maximum atomic E-state index is 11.4. The summed E-state index contributed by atoms with van der Waals surface area (Å²) >= 11 is 0. The average molecular weight is 244 g/mol. The molecule has 6 heteroatoms. The predicted molar refractivity (Wildman–Crippen MR) is 64.2 cm³/mol. The molecule has 0 spiro atoms. The van der Waals surface area contributed by atoms with Gasteiger partial charge in [0.1, 0.15) is 5.75 Å². The number of anilines is 1. The molecule has 0 unspecified atom stereocenters. The van der Waals surface area contributed by atoms with Crippen LogP contribution in [0.25, 0.3) is 0 Å². The smallest absolute Gasteiger partial charge is 0.233 e. The molecule has 1 aromatic carbocycles. The highest BCUT2D eigenvalue weighted by molar-refractivity contribution is 7.92. The summed E-state index contributed by atoms with van der Waals surface area (Å²) in [5.41, 5.74) is 6.60. The number of nitrogens with two attached hydrogens (primary N) is 1. The monoisotopic (exact) mass is 244 g/mol. The molecule has 0 aromatic heterocycles. The maximum absolute atomic E-state index is 11.4. The van der Waals surface area contributed by atoms with E-state index in [1.54, 1.807) is 25.3 Å². The topological polar surface area (TPSA) is 81.4 Å². The van der Waals surface area contributed by atoms with Crippen LogP contribution in [-0.2, 0) is 10.0 Å². The summed E-state index contributed by atoms with van der Waals surface area (Å²) in [7, 11) is -1.77. The van der Waals surface area contributed by atoms with Gasteiger partial charge in [-0.05, 0) is 30.7 Å². The van der Waals surface area contributed by atoms with Gasteiger partial charge in [-0.2, -0.15) is 0 Å². The van der Waals surface area contributed by atoms with Gasteiger partial charge >= 0.3 is 0 Å². The largest absolute Gasteiger partial charge is 0.496 e. The minimum atomic E-state index is -3.34. The Labute approximate surface area is 95.7 Å². The van der Waals surface area contributed by atoms with Crippen molar-refractivity contribution in [2.24, 2.45) is 5.73 Å². The number of methoxy groups -OCH3 is 1. The lowest BCUT2D eigenvalue weighted by Gasteiger charge is -2.09. The summed E-state index contributed by atoms with van der Waals surface area (Å²) in [6, 6.07) is 5.09. The second kappa shape index (κ2) is 5.18. The number of benzene rings is 1. The molecule has 0 radical (unpaired) electrons. The summed E-state index contributed by atoms with van der Waals surface area (Å²) in [6.07, 6.45) is 0. The van der Waals surface area contributed by atoms with E-state index in [4.69, 9.17) is 10.5 Å². The van der Waals surface area contributed by atoms with E-state index in [9.17, 15) is 8.42 Å². The third-order valence-corrected chi connectivity index (χ3v) is 3.37. The zero-order valence-electron chi connectivity index (χ0n) is 9.36. The Bertz CT molecular complexity index is 457. The van der Waals surface area contributed by atoms with Crippen molar-refractivity contribution in [2.45, 2.75) is 6.92 Å². The van der Waals surface area contributed by atoms with Crippen molar-refractivity contribution in [1.29, 1.82) is 0 Å². The van der Waals surface area contributed by atoms with E-state index in [0.717, 1.165) is 11.3 Å². The van der Waals surface area contributed by atoms with Gasteiger partial charge in [0.05, 0.1) is 12.9 Å². The van der Waals surface area contributed by atoms with Crippen LogP contribution in [0.15, 0.2) is 18.2 Å². The Hall–Kier alpha value is -1.27. The fourth-order valence-corrected chi connectivity index (χ4v) is 2.23. The van der Waals surface area contributed by atoms with E-state index >= 15 is 0 Å². The summed E-state index contributed by atoms with van der Waals surface area (Å²) in [4.78, 5) is 0. The molecule has 0 atom stereocenters. The zero-order chi connectivity index (χ0) is 12.2. The molecule has 0 fully saturated rings. The molecule has 0 heterocycles. The van der Waals surface area contributed by atoms with Gasteiger partial charge in [0.2, 0.25) is 10.0 Å². The summed E-state index contributed by atoms with van der Waals surface area (Å²) < 4.78 is 30.4. The van der Waals surface area contributed by atoms with Crippen LogP contribution in [0.4, 0.5) is 5.69 Å². The molecule has 0 aliphatic carbocycles.